The lowest BCUT2D eigenvalue weighted by atomic mass is 10.1. The van der Waals surface area contributed by atoms with E-state index in [1.165, 1.54) is 24.5 Å². The van der Waals surface area contributed by atoms with Gasteiger partial charge in [-0.1, -0.05) is 18.2 Å². The fourth-order valence-electron chi connectivity index (χ4n) is 2.76. The second-order valence-corrected chi connectivity index (χ2v) is 6.43. The van der Waals surface area contributed by atoms with E-state index in [1.807, 2.05) is 32.0 Å². The molecule has 3 rings (SSSR count). The molecular weight excluding hydrogens is 343 g/mol. The molecule has 1 amide bonds. The predicted molar refractivity (Wildman–Crippen MR) is 104 cm³/mol. The first-order valence-corrected chi connectivity index (χ1v) is 8.69. The van der Waals surface area contributed by atoms with Gasteiger partial charge >= 0.3 is 0 Å². The van der Waals surface area contributed by atoms with E-state index in [0.29, 0.717) is 18.1 Å². The van der Waals surface area contributed by atoms with Gasteiger partial charge in [0.25, 0.3) is 5.91 Å². The highest BCUT2D eigenvalue weighted by Gasteiger charge is 2.08. The number of nitrogens with zero attached hydrogens (tertiary/aromatic N) is 2. The van der Waals surface area contributed by atoms with Crippen LogP contribution in [0, 0.1) is 19.7 Å². The molecule has 0 atom stereocenters. The lowest BCUT2D eigenvalue weighted by Crippen LogP contribution is -2.14. The minimum Gasteiger partial charge on any atom is -0.354 e. The summed E-state index contributed by atoms with van der Waals surface area (Å²) in [7, 11) is 0. The normalized spacial score (nSPS) is 10.5. The summed E-state index contributed by atoms with van der Waals surface area (Å²) in [5.74, 6) is -0.0531. The van der Waals surface area contributed by atoms with E-state index in [9.17, 15) is 9.18 Å². The van der Waals surface area contributed by atoms with E-state index in [4.69, 9.17) is 0 Å². The fraction of sp³-hybridized carbons (Fsp3) is 0.190. The Balaban J connectivity index is 1.54. The number of halogens is 1. The van der Waals surface area contributed by atoms with Crippen molar-refractivity contribution in [2.24, 2.45) is 0 Å². The Morgan fingerprint density at radius 2 is 1.63 bits per heavy atom. The number of nitrogens with one attached hydrogen (secondary N) is 2. The number of aromatic nitrogens is 2. The van der Waals surface area contributed by atoms with Gasteiger partial charge in [-0.2, -0.15) is 0 Å². The monoisotopic (exact) mass is 364 g/mol. The first kappa shape index (κ1) is 18.5. The third-order valence-corrected chi connectivity index (χ3v) is 4.00. The summed E-state index contributed by atoms with van der Waals surface area (Å²) in [5, 5.41) is 5.95. The van der Waals surface area contributed by atoms with Crippen LogP contribution in [0.2, 0.25) is 0 Å². The van der Waals surface area contributed by atoms with Crippen molar-refractivity contribution < 1.29 is 9.18 Å². The lowest BCUT2D eigenvalue weighted by molar-refractivity contribution is 0.102. The number of aryl methyl sites for hydroxylation is 2. The zero-order chi connectivity index (χ0) is 19.2. The number of anilines is 2. The molecule has 1 aromatic heterocycles. The van der Waals surface area contributed by atoms with Crippen LogP contribution in [-0.4, -0.2) is 22.4 Å². The van der Waals surface area contributed by atoms with Gasteiger partial charge in [0.2, 0.25) is 5.95 Å². The van der Waals surface area contributed by atoms with Crippen LogP contribution in [0.3, 0.4) is 0 Å². The molecule has 0 bridgehead atoms. The molecular formula is C21H21FN4O. The quantitative estimate of drug-likeness (QED) is 0.690. The Kier molecular flexibility index (Phi) is 5.76. The Morgan fingerprint density at radius 1 is 1.00 bits per heavy atom. The van der Waals surface area contributed by atoms with Crippen LogP contribution in [0.5, 0.6) is 0 Å². The SMILES string of the molecule is Cc1cc(C)cc(NC(=O)c2cnc(NCCc3ccc(F)cc3)nc2)c1. The highest BCUT2D eigenvalue weighted by Crippen LogP contribution is 2.15. The van der Waals surface area contributed by atoms with Crippen LogP contribution in [-0.2, 0) is 6.42 Å². The Bertz CT molecular complexity index is 904. The van der Waals surface area contributed by atoms with E-state index in [-0.39, 0.29) is 11.7 Å². The zero-order valence-corrected chi connectivity index (χ0v) is 15.3. The molecule has 0 spiro atoms. The van der Waals surface area contributed by atoms with Crippen molar-refractivity contribution in [3.8, 4) is 0 Å². The minimum absolute atomic E-state index is 0.246. The first-order valence-electron chi connectivity index (χ1n) is 8.69. The Labute approximate surface area is 157 Å². The number of rotatable bonds is 6. The standard InChI is InChI=1S/C21H21FN4O/c1-14-9-15(2)11-19(10-14)26-20(27)17-12-24-21(25-13-17)23-8-7-16-3-5-18(22)6-4-16/h3-6,9-13H,7-8H2,1-2H3,(H,26,27)(H,23,24,25). The molecule has 138 valence electrons. The van der Waals surface area contributed by atoms with Crippen molar-refractivity contribution in [1.82, 2.24) is 9.97 Å². The van der Waals surface area contributed by atoms with Gasteiger partial charge in [0, 0.05) is 24.6 Å². The van der Waals surface area contributed by atoms with Gasteiger partial charge in [-0.25, -0.2) is 14.4 Å². The molecule has 0 aliphatic carbocycles. The molecule has 0 radical (unpaired) electrons. The molecule has 0 fully saturated rings. The molecule has 0 unspecified atom stereocenters. The second-order valence-electron chi connectivity index (χ2n) is 6.43. The summed E-state index contributed by atoms with van der Waals surface area (Å²) in [4.78, 5) is 20.7. The van der Waals surface area contributed by atoms with Crippen LogP contribution in [0.1, 0.15) is 27.0 Å². The third-order valence-electron chi connectivity index (χ3n) is 4.00. The second kappa shape index (κ2) is 8.40. The number of carbonyl (C=O) groups excluding carboxylic acids is 1. The third kappa shape index (κ3) is 5.34. The lowest BCUT2D eigenvalue weighted by Gasteiger charge is -2.08. The van der Waals surface area contributed by atoms with Gasteiger partial charge in [-0.05, 0) is 61.2 Å². The molecule has 27 heavy (non-hydrogen) atoms. The predicted octanol–water partition coefficient (Wildman–Crippen LogP) is 4.14. The molecule has 0 saturated carbocycles. The van der Waals surface area contributed by atoms with Crippen LogP contribution >= 0.6 is 0 Å². The highest BCUT2D eigenvalue weighted by molar-refractivity contribution is 6.04. The molecule has 2 aromatic carbocycles. The van der Waals surface area contributed by atoms with Crippen LogP contribution in [0.4, 0.5) is 16.0 Å². The molecule has 0 aliphatic rings. The Morgan fingerprint density at radius 3 is 2.26 bits per heavy atom. The Hall–Kier alpha value is -3.28. The van der Waals surface area contributed by atoms with Crippen LogP contribution in [0.25, 0.3) is 0 Å². The molecule has 2 N–H and O–H groups in total. The zero-order valence-electron chi connectivity index (χ0n) is 15.3. The molecule has 1 heterocycles. The summed E-state index contributed by atoms with van der Waals surface area (Å²) >= 11 is 0. The van der Waals surface area contributed by atoms with E-state index < -0.39 is 0 Å². The number of benzene rings is 2. The number of hydrogen-bond donors (Lipinski definition) is 2. The van der Waals surface area contributed by atoms with E-state index in [1.54, 1.807) is 12.1 Å². The summed E-state index contributed by atoms with van der Waals surface area (Å²) in [5.41, 5.74) is 4.33. The molecule has 5 nitrogen and oxygen atoms in total. The maximum atomic E-state index is 12.9. The minimum atomic E-state index is -0.252. The van der Waals surface area contributed by atoms with Crippen LogP contribution < -0.4 is 10.6 Å². The topological polar surface area (TPSA) is 66.9 Å². The molecule has 0 aliphatic heterocycles. The van der Waals surface area contributed by atoms with Gasteiger partial charge in [-0.3, -0.25) is 4.79 Å². The van der Waals surface area contributed by atoms with Crippen molar-refractivity contribution in [1.29, 1.82) is 0 Å². The van der Waals surface area contributed by atoms with Crippen LogP contribution in [0.15, 0.2) is 54.9 Å². The van der Waals surface area contributed by atoms with Gasteiger partial charge in [0.05, 0.1) is 5.56 Å². The number of carbonyl (C=O) groups is 1. The van der Waals surface area contributed by atoms with Gasteiger partial charge in [0.1, 0.15) is 5.82 Å². The molecule has 6 heteroatoms. The first-order chi connectivity index (χ1) is 13.0. The van der Waals surface area contributed by atoms with E-state index in [2.05, 4.69) is 20.6 Å². The van der Waals surface area contributed by atoms with Crippen molar-refractivity contribution >= 4 is 17.5 Å². The average Bonchev–Trinajstić information content (AvgIpc) is 2.63. The van der Waals surface area contributed by atoms with Gasteiger partial charge in [-0.15, -0.1) is 0 Å². The van der Waals surface area contributed by atoms with Gasteiger partial charge < -0.3 is 10.6 Å². The maximum absolute atomic E-state index is 12.9. The molecule has 3 aromatic rings. The largest absolute Gasteiger partial charge is 0.354 e. The average molecular weight is 364 g/mol. The smallest absolute Gasteiger partial charge is 0.258 e. The summed E-state index contributed by atoms with van der Waals surface area (Å²) in [6.07, 6.45) is 3.70. The van der Waals surface area contributed by atoms with Crippen molar-refractivity contribution in [3.63, 3.8) is 0 Å². The number of hydrogen-bond acceptors (Lipinski definition) is 4. The maximum Gasteiger partial charge on any atom is 0.258 e. The van der Waals surface area contributed by atoms with Crippen molar-refractivity contribution in [2.75, 3.05) is 17.2 Å². The number of amides is 1. The fourth-order valence-corrected chi connectivity index (χ4v) is 2.76. The molecule has 0 saturated heterocycles. The summed E-state index contributed by atoms with van der Waals surface area (Å²) < 4.78 is 12.9. The van der Waals surface area contributed by atoms with Gasteiger partial charge in [0.15, 0.2) is 0 Å². The summed E-state index contributed by atoms with van der Waals surface area (Å²) in [6, 6.07) is 12.2. The van der Waals surface area contributed by atoms with E-state index >= 15 is 0 Å². The van der Waals surface area contributed by atoms with E-state index in [0.717, 1.165) is 28.8 Å². The summed E-state index contributed by atoms with van der Waals surface area (Å²) in [6.45, 7) is 4.58. The highest BCUT2D eigenvalue weighted by atomic mass is 19.1. The van der Waals surface area contributed by atoms with Crippen molar-refractivity contribution in [3.05, 3.63) is 82.9 Å². The van der Waals surface area contributed by atoms with Crippen molar-refractivity contribution in [2.45, 2.75) is 20.3 Å².